The molecule has 0 saturated heterocycles. The van der Waals surface area contributed by atoms with E-state index in [-0.39, 0.29) is 0 Å². The Morgan fingerprint density at radius 3 is 1.40 bits per heavy atom. The highest BCUT2D eigenvalue weighted by molar-refractivity contribution is 7.22. The average molecular weight is 575 g/mol. The standard InChI is InChI=1S/C36H18N2O2S2/c1-3-7-23-19(5-1)9-11-31-25(23)17-33(41-31)35-37-27-13-21-16-30-28(14-22(21)15-29(27)39-35)38-36(40-30)34-18-26-24-8-4-2-6-20(24)10-12-32(26)42-34/h1-18H. The summed E-state index contributed by atoms with van der Waals surface area (Å²) >= 11 is 3.42. The number of benzene rings is 6. The quantitative estimate of drug-likeness (QED) is 0.206. The van der Waals surface area contributed by atoms with Crippen LogP contribution in [-0.2, 0) is 0 Å². The zero-order valence-corrected chi connectivity index (χ0v) is 23.6. The first-order chi connectivity index (χ1) is 20.7. The van der Waals surface area contributed by atoms with Gasteiger partial charge >= 0.3 is 0 Å². The van der Waals surface area contributed by atoms with Crippen LogP contribution in [0, 0.1) is 0 Å². The van der Waals surface area contributed by atoms with Crippen molar-refractivity contribution < 1.29 is 8.83 Å². The summed E-state index contributed by atoms with van der Waals surface area (Å²) in [5, 5.41) is 9.52. The van der Waals surface area contributed by atoms with E-state index in [4.69, 9.17) is 18.8 Å². The van der Waals surface area contributed by atoms with Crippen LogP contribution in [0.1, 0.15) is 0 Å². The lowest BCUT2D eigenvalue weighted by Gasteiger charge is -1.97. The number of hydrogen-bond donors (Lipinski definition) is 0. The molecule has 0 aliphatic rings. The first-order valence-corrected chi connectivity index (χ1v) is 15.4. The van der Waals surface area contributed by atoms with Gasteiger partial charge in [-0.1, -0.05) is 60.7 Å². The predicted molar refractivity (Wildman–Crippen MR) is 176 cm³/mol. The molecule has 0 fully saturated rings. The van der Waals surface area contributed by atoms with Gasteiger partial charge in [0.05, 0.1) is 9.75 Å². The minimum Gasteiger partial charge on any atom is -0.435 e. The van der Waals surface area contributed by atoms with E-state index in [1.54, 1.807) is 22.7 Å². The Morgan fingerprint density at radius 1 is 0.429 bits per heavy atom. The zero-order valence-electron chi connectivity index (χ0n) is 21.9. The molecule has 6 aromatic carbocycles. The van der Waals surface area contributed by atoms with Crippen LogP contribution in [0.5, 0.6) is 0 Å². The van der Waals surface area contributed by atoms with Crippen molar-refractivity contribution in [2.75, 3.05) is 0 Å². The van der Waals surface area contributed by atoms with Crippen molar-refractivity contribution in [2.45, 2.75) is 0 Å². The molecule has 0 atom stereocenters. The van der Waals surface area contributed by atoms with Crippen LogP contribution in [0.2, 0.25) is 0 Å². The van der Waals surface area contributed by atoms with Crippen LogP contribution < -0.4 is 0 Å². The summed E-state index contributed by atoms with van der Waals surface area (Å²) in [5.74, 6) is 1.29. The minimum atomic E-state index is 0.645. The second-order valence-electron chi connectivity index (χ2n) is 10.6. The molecule has 0 amide bonds. The van der Waals surface area contributed by atoms with Crippen molar-refractivity contribution in [1.29, 1.82) is 0 Å². The van der Waals surface area contributed by atoms with Crippen molar-refractivity contribution in [3.05, 3.63) is 109 Å². The number of fused-ring (bicyclic) bond motifs is 9. The van der Waals surface area contributed by atoms with Gasteiger partial charge in [0.15, 0.2) is 11.2 Å². The highest BCUT2D eigenvalue weighted by Gasteiger charge is 2.17. The molecule has 0 radical (unpaired) electrons. The van der Waals surface area contributed by atoms with Gasteiger partial charge in [0, 0.05) is 20.2 Å². The van der Waals surface area contributed by atoms with E-state index in [9.17, 15) is 0 Å². The van der Waals surface area contributed by atoms with E-state index < -0.39 is 0 Å². The van der Waals surface area contributed by atoms with E-state index in [1.165, 1.54) is 41.7 Å². The fourth-order valence-electron chi connectivity index (χ4n) is 6.10. The van der Waals surface area contributed by atoms with Gasteiger partial charge in [-0.15, -0.1) is 22.7 Å². The Hall–Kier alpha value is -5.04. The highest BCUT2D eigenvalue weighted by atomic mass is 32.1. The molecule has 4 aromatic heterocycles. The van der Waals surface area contributed by atoms with Crippen LogP contribution >= 0.6 is 22.7 Å². The molecule has 0 N–H and O–H groups in total. The van der Waals surface area contributed by atoms with Crippen LogP contribution in [0.3, 0.4) is 0 Å². The van der Waals surface area contributed by atoms with Crippen molar-refractivity contribution in [3.63, 3.8) is 0 Å². The molecule has 0 spiro atoms. The van der Waals surface area contributed by atoms with E-state index in [0.717, 1.165) is 42.7 Å². The smallest absolute Gasteiger partial charge is 0.237 e. The van der Waals surface area contributed by atoms with Gasteiger partial charge in [-0.25, -0.2) is 9.97 Å². The third kappa shape index (κ3) is 3.27. The third-order valence-corrected chi connectivity index (χ3v) is 10.3. The van der Waals surface area contributed by atoms with Gasteiger partial charge < -0.3 is 8.83 Å². The Morgan fingerprint density at radius 2 is 0.905 bits per heavy atom. The second kappa shape index (κ2) is 8.26. The third-order valence-electron chi connectivity index (χ3n) is 8.13. The lowest BCUT2D eigenvalue weighted by molar-refractivity contribution is 0.621. The number of nitrogens with zero attached hydrogens (tertiary/aromatic N) is 2. The van der Waals surface area contributed by atoms with E-state index in [0.29, 0.717) is 11.8 Å². The summed E-state index contributed by atoms with van der Waals surface area (Å²) in [6.45, 7) is 0. The van der Waals surface area contributed by atoms with E-state index >= 15 is 0 Å². The number of thiophene rings is 2. The monoisotopic (exact) mass is 574 g/mol. The summed E-state index contributed by atoms with van der Waals surface area (Å²) in [6.07, 6.45) is 0. The first kappa shape index (κ1) is 22.6. The van der Waals surface area contributed by atoms with Gasteiger partial charge in [0.1, 0.15) is 11.0 Å². The average Bonchev–Trinajstić information content (AvgIpc) is 3.82. The van der Waals surface area contributed by atoms with Crippen molar-refractivity contribution in [2.24, 2.45) is 0 Å². The molecule has 0 unspecified atom stereocenters. The van der Waals surface area contributed by atoms with Crippen LogP contribution in [-0.4, -0.2) is 9.97 Å². The summed E-state index contributed by atoms with van der Waals surface area (Å²) in [5.41, 5.74) is 3.18. The summed E-state index contributed by atoms with van der Waals surface area (Å²) in [7, 11) is 0. The van der Waals surface area contributed by atoms with Crippen LogP contribution in [0.15, 0.2) is 118 Å². The SMILES string of the molecule is c1ccc2c(c1)ccc1sc(-c3nc4cc5cc6oc(-c7cc8c(ccc9ccccc98)s7)nc6cc5cc4o3)cc12. The Kier molecular flexibility index (Phi) is 4.45. The molecule has 10 aromatic rings. The Bertz CT molecular complexity index is 2450. The van der Waals surface area contributed by atoms with Crippen LogP contribution in [0.25, 0.3) is 96.2 Å². The number of oxazole rings is 2. The molecule has 196 valence electrons. The molecular weight excluding hydrogens is 557 g/mol. The summed E-state index contributed by atoms with van der Waals surface area (Å²) in [6, 6.07) is 38.3. The van der Waals surface area contributed by atoms with Crippen molar-refractivity contribution >= 4 is 97.4 Å². The molecule has 0 bridgehead atoms. The lowest BCUT2D eigenvalue weighted by atomic mass is 10.1. The summed E-state index contributed by atoms with van der Waals surface area (Å²) in [4.78, 5) is 11.8. The molecule has 0 aliphatic carbocycles. The number of aromatic nitrogens is 2. The predicted octanol–water partition coefficient (Wildman–Crippen LogP) is 11.2. The van der Waals surface area contributed by atoms with Gasteiger partial charge in [-0.2, -0.15) is 0 Å². The topological polar surface area (TPSA) is 52.1 Å². The minimum absolute atomic E-state index is 0.645. The van der Waals surface area contributed by atoms with Gasteiger partial charge in [-0.3, -0.25) is 0 Å². The van der Waals surface area contributed by atoms with Gasteiger partial charge in [-0.05, 0) is 80.8 Å². The summed E-state index contributed by atoms with van der Waals surface area (Å²) < 4.78 is 15.1. The van der Waals surface area contributed by atoms with Gasteiger partial charge in [0.25, 0.3) is 0 Å². The van der Waals surface area contributed by atoms with Crippen molar-refractivity contribution in [3.8, 4) is 21.5 Å². The molecule has 0 aliphatic heterocycles. The lowest BCUT2D eigenvalue weighted by Crippen LogP contribution is -1.76. The molecule has 4 heterocycles. The van der Waals surface area contributed by atoms with E-state index in [1.807, 2.05) is 0 Å². The van der Waals surface area contributed by atoms with Gasteiger partial charge in [0.2, 0.25) is 11.8 Å². The molecule has 0 saturated carbocycles. The maximum Gasteiger partial charge on any atom is 0.237 e. The molecule has 6 heteroatoms. The number of rotatable bonds is 2. The fourth-order valence-corrected chi connectivity index (χ4v) is 8.11. The van der Waals surface area contributed by atoms with E-state index in [2.05, 4.69) is 109 Å². The van der Waals surface area contributed by atoms with Crippen LogP contribution in [0.4, 0.5) is 0 Å². The Balaban J connectivity index is 1.07. The molecular formula is C36H18N2O2S2. The molecule has 4 nitrogen and oxygen atoms in total. The maximum atomic E-state index is 6.32. The normalized spacial score (nSPS) is 12.3. The second-order valence-corrected chi connectivity index (χ2v) is 12.8. The fraction of sp³-hybridized carbons (Fsp3) is 0. The molecule has 42 heavy (non-hydrogen) atoms. The maximum absolute atomic E-state index is 6.32. The largest absolute Gasteiger partial charge is 0.435 e. The number of hydrogen-bond acceptors (Lipinski definition) is 6. The highest BCUT2D eigenvalue weighted by Crippen LogP contribution is 2.40. The molecule has 10 rings (SSSR count). The van der Waals surface area contributed by atoms with Crippen molar-refractivity contribution in [1.82, 2.24) is 9.97 Å². The zero-order chi connectivity index (χ0) is 27.4. The Labute approximate surface area is 246 Å². The first-order valence-electron chi connectivity index (χ1n) is 13.7.